The Morgan fingerprint density at radius 2 is 1.43 bits per heavy atom. The first-order valence-electron chi connectivity index (χ1n) is 9.58. The number of ether oxygens (including phenoxy) is 1. The Bertz CT molecular complexity index is 1030. The third kappa shape index (κ3) is 5.97. The maximum Gasteiger partial charge on any atom is 0.323 e. The Kier molecular flexibility index (Phi) is 7.22. The van der Waals surface area contributed by atoms with Gasteiger partial charge in [-0.25, -0.2) is 4.79 Å². The molecule has 0 aliphatic rings. The molecule has 3 amide bonds. The average Bonchev–Trinajstić information content (AvgIpc) is 2.75. The summed E-state index contributed by atoms with van der Waals surface area (Å²) in [5.74, 6) is 0.391. The molecule has 6 heteroatoms. The Balaban J connectivity index is 1.66. The van der Waals surface area contributed by atoms with Gasteiger partial charge in [-0.05, 0) is 43.3 Å². The SMILES string of the molecule is CCOc1ccccc1/C=C/C(=O)Nc1ccccc1NC(=O)Nc1ccccc1. The lowest BCUT2D eigenvalue weighted by atomic mass is 10.2. The molecule has 6 nitrogen and oxygen atoms in total. The molecule has 3 rings (SSSR count). The third-order valence-electron chi connectivity index (χ3n) is 4.10. The van der Waals surface area contributed by atoms with Crippen molar-refractivity contribution in [3.8, 4) is 5.75 Å². The molecule has 3 aromatic rings. The van der Waals surface area contributed by atoms with Crippen LogP contribution in [-0.2, 0) is 4.79 Å². The Hall–Kier alpha value is -4.06. The summed E-state index contributed by atoms with van der Waals surface area (Å²) in [4.78, 5) is 24.7. The molecule has 0 fully saturated rings. The summed E-state index contributed by atoms with van der Waals surface area (Å²) in [6, 6.07) is 23.2. The number of benzene rings is 3. The molecule has 0 aromatic heterocycles. The van der Waals surface area contributed by atoms with Crippen molar-refractivity contribution in [2.75, 3.05) is 22.6 Å². The highest BCUT2D eigenvalue weighted by molar-refractivity contribution is 6.07. The van der Waals surface area contributed by atoms with E-state index < -0.39 is 6.03 Å². The highest BCUT2D eigenvalue weighted by atomic mass is 16.5. The van der Waals surface area contributed by atoms with Crippen molar-refractivity contribution in [2.45, 2.75) is 6.92 Å². The molecule has 0 bridgehead atoms. The van der Waals surface area contributed by atoms with Crippen LogP contribution in [0.15, 0.2) is 84.9 Å². The lowest BCUT2D eigenvalue weighted by molar-refractivity contribution is -0.111. The fraction of sp³-hybridized carbons (Fsp3) is 0.0833. The second kappa shape index (κ2) is 10.5. The van der Waals surface area contributed by atoms with E-state index in [9.17, 15) is 9.59 Å². The molecule has 0 radical (unpaired) electrons. The summed E-state index contributed by atoms with van der Waals surface area (Å²) in [5, 5.41) is 8.29. The minimum absolute atomic E-state index is 0.320. The number of carbonyl (C=O) groups excluding carboxylic acids is 2. The number of hydrogen-bond donors (Lipinski definition) is 3. The summed E-state index contributed by atoms with van der Waals surface area (Å²) in [6.07, 6.45) is 3.12. The lowest BCUT2D eigenvalue weighted by Crippen LogP contribution is -2.20. The fourth-order valence-electron chi connectivity index (χ4n) is 2.75. The average molecular weight is 401 g/mol. The Labute approximate surface area is 175 Å². The number of anilines is 3. The van der Waals surface area contributed by atoms with Crippen LogP contribution in [0.25, 0.3) is 6.08 Å². The minimum atomic E-state index is -0.399. The van der Waals surface area contributed by atoms with Crippen molar-refractivity contribution >= 4 is 35.1 Å². The van der Waals surface area contributed by atoms with E-state index >= 15 is 0 Å². The normalized spacial score (nSPS) is 10.4. The van der Waals surface area contributed by atoms with E-state index in [1.54, 1.807) is 42.5 Å². The first-order chi connectivity index (χ1) is 14.7. The smallest absolute Gasteiger partial charge is 0.323 e. The van der Waals surface area contributed by atoms with Gasteiger partial charge in [-0.3, -0.25) is 4.79 Å². The van der Waals surface area contributed by atoms with Gasteiger partial charge in [-0.15, -0.1) is 0 Å². The first kappa shape index (κ1) is 20.7. The van der Waals surface area contributed by atoms with Crippen LogP contribution in [0.2, 0.25) is 0 Å². The van der Waals surface area contributed by atoms with Crippen LogP contribution in [-0.4, -0.2) is 18.5 Å². The van der Waals surface area contributed by atoms with Gasteiger partial charge in [-0.2, -0.15) is 0 Å². The van der Waals surface area contributed by atoms with E-state index in [2.05, 4.69) is 16.0 Å². The fourth-order valence-corrected chi connectivity index (χ4v) is 2.75. The number of nitrogens with one attached hydrogen (secondary N) is 3. The topological polar surface area (TPSA) is 79.5 Å². The maximum absolute atomic E-state index is 12.4. The van der Waals surface area contributed by atoms with Crippen molar-refractivity contribution < 1.29 is 14.3 Å². The molecule has 0 aliphatic carbocycles. The van der Waals surface area contributed by atoms with Gasteiger partial charge in [0.15, 0.2) is 0 Å². The van der Waals surface area contributed by atoms with Crippen LogP contribution in [0.4, 0.5) is 21.9 Å². The van der Waals surface area contributed by atoms with Gasteiger partial charge in [0.1, 0.15) is 5.75 Å². The monoisotopic (exact) mass is 401 g/mol. The van der Waals surface area contributed by atoms with Crippen LogP contribution in [0.1, 0.15) is 12.5 Å². The molecule has 0 aliphatic heterocycles. The van der Waals surface area contributed by atoms with Crippen LogP contribution < -0.4 is 20.7 Å². The van der Waals surface area contributed by atoms with Gasteiger partial charge in [0.2, 0.25) is 5.91 Å². The highest BCUT2D eigenvalue weighted by Crippen LogP contribution is 2.22. The molecule has 3 aromatic carbocycles. The zero-order valence-corrected chi connectivity index (χ0v) is 16.6. The molecule has 0 saturated carbocycles. The lowest BCUT2D eigenvalue weighted by Gasteiger charge is -2.12. The maximum atomic E-state index is 12.4. The molecule has 3 N–H and O–H groups in total. The van der Waals surface area contributed by atoms with Crippen LogP contribution in [0.5, 0.6) is 5.75 Å². The number of rotatable bonds is 7. The predicted octanol–water partition coefficient (Wildman–Crippen LogP) is 5.38. The summed E-state index contributed by atoms with van der Waals surface area (Å²) < 4.78 is 5.56. The van der Waals surface area contributed by atoms with E-state index in [0.29, 0.717) is 29.4 Å². The van der Waals surface area contributed by atoms with Crippen LogP contribution >= 0.6 is 0 Å². The van der Waals surface area contributed by atoms with Gasteiger partial charge in [0, 0.05) is 17.3 Å². The van der Waals surface area contributed by atoms with E-state index in [4.69, 9.17) is 4.74 Å². The van der Waals surface area contributed by atoms with Crippen molar-refractivity contribution in [2.24, 2.45) is 0 Å². The quantitative estimate of drug-likeness (QED) is 0.465. The highest BCUT2D eigenvalue weighted by Gasteiger charge is 2.08. The number of carbonyl (C=O) groups is 2. The molecule has 30 heavy (non-hydrogen) atoms. The summed E-state index contributed by atoms with van der Waals surface area (Å²) in [6.45, 7) is 2.45. The number of hydrogen-bond acceptors (Lipinski definition) is 3. The summed E-state index contributed by atoms with van der Waals surface area (Å²) >= 11 is 0. The van der Waals surface area contributed by atoms with Crippen LogP contribution in [0.3, 0.4) is 0 Å². The minimum Gasteiger partial charge on any atom is -0.493 e. The van der Waals surface area contributed by atoms with Crippen molar-refractivity contribution in [3.63, 3.8) is 0 Å². The molecular formula is C24H23N3O3. The van der Waals surface area contributed by atoms with Gasteiger partial charge < -0.3 is 20.7 Å². The molecule has 0 spiro atoms. The molecule has 0 atom stereocenters. The van der Waals surface area contributed by atoms with Gasteiger partial charge in [-0.1, -0.05) is 48.5 Å². The molecular weight excluding hydrogens is 378 g/mol. The van der Waals surface area contributed by atoms with Gasteiger partial charge >= 0.3 is 6.03 Å². The first-order valence-corrected chi connectivity index (χ1v) is 9.58. The second-order valence-corrected chi connectivity index (χ2v) is 6.28. The van der Waals surface area contributed by atoms with Gasteiger partial charge in [0.25, 0.3) is 0 Å². The number of para-hydroxylation sites is 4. The van der Waals surface area contributed by atoms with Crippen molar-refractivity contribution in [1.29, 1.82) is 0 Å². The van der Waals surface area contributed by atoms with E-state index in [0.717, 1.165) is 5.56 Å². The molecule has 0 unspecified atom stereocenters. The van der Waals surface area contributed by atoms with Crippen molar-refractivity contribution in [3.05, 3.63) is 90.5 Å². The Morgan fingerprint density at radius 1 is 0.800 bits per heavy atom. The van der Waals surface area contributed by atoms with Gasteiger partial charge in [0.05, 0.1) is 18.0 Å². The molecule has 0 heterocycles. The standard InChI is InChI=1S/C24H23N3O3/c1-2-30-22-15-9-6-10-18(22)16-17-23(28)26-20-13-7-8-14-21(20)27-24(29)25-19-11-4-3-5-12-19/h3-17H,2H2,1H3,(H,26,28)(H2,25,27,29)/b17-16+. The van der Waals surface area contributed by atoms with E-state index in [1.807, 2.05) is 49.4 Å². The molecule has 0 saturated heterocycles. The molecule has 152 valence electrons. The predicted molar refractivity (Wildman–Crippen MR) is 121 cm³/mol. The number of urea groups is 1. The summed E-state index contributed by atoms with van der Waals surface area (Å²) in [5.41, 5.74) is 2.46. The number of amides is 3. The van der Waals surface area contributed by atoms with Crippen LogP contribution in [0, 0.1) is 0 Å². The summed E-state index contributed by atoms with van der Waals surface area (Å²) in [7, 11) is 0. The second-order valence-electron chi connectivity index (χ2n) is 6.28. The zero-order chi connectivity index (χ0) is 21.2. The Morgan fingerprint density at radius 3 is 2.17 bits per heavy atom. The van der Waals surface area contributed by atoms with E-state index in [-0.39, 0.29) is 5.91 Å². The van der Waals surface area contributed by atoms with E-state index in [1.165, 1.54) is 6.08 Å². The largest absolute Gasteiger partial charge is 0.493 e. The third-order valence-corrected chi connectivity index (χ3v) is 4.10. The van der Waals surface area contributed by atoms with Crippen molar-refractivity contribution in [1.82, 2.24) is 0 Å². The zero-order valence-electron chi connectivity index (χ0n) is 16.6.